The van der Waals surface area contributed by atoms with Crippen molar-refractivity contribution < 1.29 is 35.5 Å². The molecule has 1 aromatic carbocycles. The Morgan fingerprint density at radius 3 is 2.66 bits per heavy atom. The summed E-state index contributed by atoms with van der Waals surface area (Å²) < 4.78 is 84.5. The van der Waals surface area contributed by atoms with Gasteiger partial charge in [-0.1, -0.05) is 11.6 Å². The Labute approximate surface area is 238 Å². The minimum atomic E-state index is -4.71. The Kier molecular flexibility index (Phi) is 9.07. The summed E-state index contributed by atoms with van der Waals surface area (Å²) in [5.74, 6) is -1.19. The lowest BCUT2D eigenvalue weighted by Crippen LogP contribution is -2.32. The fraction of sp³-hybridized carbons (Fsp3) is 0.440. The van der Waals surface area contributed by atoms with Crippen molar-refractivity contribution in [1.29, 1.82) is 0 Å². The van der Waals surface area contributed by atoms with Crippen LogP contribution in [-0.2, 0) is 21.2 Å². The van der Waals surface area contributed by atoms with Gasteiger partial charge < -0.3 is 15.0 Å². The van der Waals surface area contributed by atoms with Gasteiger partial charge in [-0.2, -0.15) is 13.2 Å². The van der Waals surface area contributed by atoms with Gasteiger partial charge in [0.05, 0.1) is 36.4 Å². The number of amides is 1. The maximum Gasteiger partial charge on any atom is 0.407 e. The molecule has 2 aromatic heterocycles. The molecule has 0 unspecified atom stereocenters. The molecule has 10 nitrogen and oxygen atoms in total. The van der Waals surface area contributed by atoms with Crippen LogP contribution in [0.5, 0.6) is 0 Å². The number of benzene rings is 1. The number of nitrogens with one attached hydrogen (secondary N) is 3. The summed E-state index contributed by atoms with van der Waals surface area (Å²) in [5, 5.41) is 2.59. The van der Waals surface area contributed by atoms with Crippen LogP contribution in [0.1, 0.15) is 50.2 Å². The number of carbonyl (C=O) groups excluding carboxylic acids is 1. The molecule has 1 aliphatic carbocycles. The molecule has 1 atom stereocenters. The normalized spacial score (nSPS) is 14.5. The minimum absolute atomic E-state index is 0.0627. The highest BCUT2D eigenvalue weighted by Gasteiger charge is 2.32. The number of aromatic nitrogens is 4. The number of H-pyrrole nitrogens is 1. The summed E-state index contributed by atoms with van der Waals surface area (Å²) in [4.78, 5) is 28.0. The molecule has 1 amide bonds. The van der Waals surface area contributed by atoms with Gasteiger partial charge >= 0.3 is 12.3 Å². The van der Waals surface area contributed by atoms with Crippen molar-refractivity contribution in [2.24, 2.45) is 0 Å². The summed E-state index contributed by atoms with van der Waals surface area (Å²) in [6.07, 6.45) is -2.71. The van der Waals surface area contributed by atoms with Gasteiger partial charge in [0, 0.05) is 35.2 Å². The fourth-order valence-corrected chi connectivity index (χ4v) is 5.27. The monoisotopic (exact) mass is 618 g/mol. The van der Waals surface area contributed by atoms with Gasteiger partial charge in [0.15, 0.2) is 5.82 Å². The van der Waals surface area contributed by atoms with Crippen LogP contribution in [0.15, 0.2) is 24.4 Å². The first-order chi connectivity index (χ1) is 19.2. The van der Waals surface area contributed by atoms with Crippen molar-refractivity contribution in [1.82, 2.24) is 25.3 Å². The summed E-state index contributed by atoms with van der Waals surface area (Å²) in [6.45, 7) is 1.80. The molecule has 1 fully saturated rings. The van der Waals surface area contributed by atoms with Crippen LogP contribution in [0.25, 0.3) is 22.6 Å². The molecular weight excluding hydrogens is 592 g/mol. The van der Waals surface area contributed by atoms with Crippen molar-refractivity contribution in [3.63, 3.8) is 0 Å². The van der Waals surface area contributed by atoms with Crippen molar-refractivity contribution in [3.05, 3.63) is 46.9 Å². The molecule has 4 rings (SSSR count). The number of anilines is 1. The number of ether oxygens (including phenoxy) is 1. The number of alkyl halides is 3. The van der Waals surface area contributed by atoms with Gasteiger partial charge in [-0.15, -0.1) is 0 Å². The standard InChI is InChI=1S/C25H27ClF4N6O4S/c1-13(32-24(37)40-2)3-6-19-31-9-7-17(33-19)22-21(34-23(35-22)14-4-5-14)16-11-15(26)12-18(20(16)27)36-41(38,39)10-8-25(28,29)30/h7,9,11-14,36H,3-6,8,10H2,1-2H3,(H,32,37)(H,34,35)/t13-/m0/s1. The first-order valence-electron chi connectivity index (χ1n) is 12.6. The number of sulfonamides is 1. The highest BCUT2D eigenvalue weighted by molar-refractivity contribution is 7.92. The highest BCUT2D eigenvalue weighted by Crippen LogP contribution is 2.43. The van der Waals surface area contributed by atoms with Crippen LogP contribution in [0.2, 0.25) is 5.02 Å². The molecule has 3 N–H and O–H groups in total. The third kappa shape index (κ3) is 8.28. The third-order valence-corrected chi connectivity index (χ3v) is 7.70. The predicted molar refractivity (Wildman–Crippen MR) is 143 cm³/mol. The molecule has 3 aromatic rings. The highest BCUT2D eigenvalue weighted by atomic mass is 35.5. The van der Waals surface area contributed by atoms with E-state index in [1.165, 1.54) is 19.4 Å². The molecule has 1 saturated carbocycles. The molecule has 1 aliphatic rings. The SMILES string of the molecule is COC(=O)N[C@@H](C)CCc1nccc(-c2[nH]c(C3CC3)nc2-c2cc(Cl)cc(NS(=O)(=O)CCC(F)(F)F)c2F)n1. The van der Waals surface area contributed by atoms with Crippen molar-refractivity contribution in [3.8, 4) is 22.6 Å². The smallest absolute Gasteiger partial charge is 0.407 e. The van der Waals surface area contributed by atoms with E-state index in [1.807, 2.05) is 4.72 Å². The van der Waals surface area contributed by atoms with Gasteiger partial charge in [-0.25, -0.2) is 32.6 Å². The lowest BCUT2D eigenvalue weighted by atomic mass is 10.1. The largest absolute Gasteiger partial charge is 0.453 e. The number of aromatic amines is 1. The number of hydrogen-bond acceptors (Lipinski definition) is 7. The van der Waals surface area contributed by atoms with Crippen molar-refractivity contribution >= 4 is 33.4 Å². The summed E-state index contributed by atoms with van der Waals surface area (Å²) in [7, 11) is -3.28. The zero-order valence-electron chi connectivity index (χ0n) is 22.0. The maximum atomic E-state index is 15.7. The van der Waals surface area contributed by atoms with Crippen LogP contribution in [0, 0.1) is 5.82 Å². The second-order valence-corrected chi connectivity index (χ2v) is 11.9. The first kappa shape index (κ1) is 30.5. The number of alkyl carbamates (subject to hydrolysis) is 1. The maximum absolute atomic E-state index is 15.7. The van der Waals surface area contributed by atoms with Gasteiger partial charge in [0.2, 0.25) is 10.0 Å². The van der Waals surface area contributed by atoms with Gasteiger partial charge in [0.25, 0.3) is 0 Å². The van der Waals surface area contributed by atoms with E-state index in [1.54, 1.807) is 13.0 Å². The summed E-state index contributed by atoms with van der Waals surface area (Å²) in [5.41, 5.74) is 0.0494. The number of aryl methyl sites for hydroxylation is 1. The van der Waals surface area contributed by atoms with Crippen LogP contribution >= 0.6 is 11.6 Å². The molecule has 0 saturated heterocycles. The van der Waals surface area contributed by atoms with E-state index >= 15 is 4.39 Å². The molecule has 2 heterocycles. The van der Waals surface area contributed by atoms with Crippen LogP contribution < -0.4 is 10.0 Å². The molecule has 41 heavy (non-hydrogen) atoms. The van der Waals surface area contributed by atoms with Crippen LogP contribution in [0.3, 0.4) is 0 Å². The molecule has 16 heteroatoms. The molecular formula is C25H27ClF4N6O4S. The minimum Gasteiger partial charge on any atom is -0.453 e. The van der Waals surface area contributed by atoms with E-state index < -0.39 is 46.0 Å². The third-order valence-electron chi connectivity index (χ3n) is 6.21. The van der Waals surface area contributed by atoms with Gasteiger partial charge in [0.1, 0.15) is 17.3 Å². The van der Waals surface area contributed by atoms with E-state index in [2.05, 4.69) is 30.0 Å². The predicted octanol–water partition coefficient (Wildman–Crippen LogP) is 5.57. The first-order valence-corrected chi connectivity index (χ1v) is 14.6. The Bertz CT molecular complexity index is 1530. The van der Waals surface area contributed by atoms with Crippen LogP contribution in [0.4, 0.5) is 28.0 Å². The van der Waals surface area contributed by atoms with E-state index in [0.717, 1.165) is 18.9 Å². The van der Waals surface area contributed by atoms with Gasteiger partial charge in [-0.3, -0.25) is 4.72 Å². The number of halogens is 5. The number of rotatable bonds is 11. The van der Waals surface area contributed by atoms with E-state index in [-0.39, 0.29) is 28.2 Å². The fourth-order valence-electron chi connectivity index (χ4n) is 3.96. The Hall–Kier alpha value is -3.46. The number of carbonyl (C=O) groups is 1. The summed E-state index contributed by atoms with van der Waals surface area (Å²) >= 11 is 6.19. The van der Waals surface area contributed by atoms with E-state index in [9.17, 15) is 26.4 Å². The zero-order valence-corrected chi connectivity index (χ0v) is 23.6. The quantitative estimate of drug-likeness (QED) is 0.239. The zero-order chi connectivity index (χ0) is 29.9. The number of methoxy groups -OCH3 is 1. The van der Waals surface area contributed by atoms with Crippen molar-refractivity contribution in [2.45, 2.75) is 57.2 Å². The topological polar surface area (TPSA) is 139 Å². The molecule has 0 bridgehead atoms. The van der Waals surface area contributed by atoms with Crippen molar-refractivity contribution in [2.75, 3.05) is 17.6 Å². The summed E-state index contributed by atoms with van der Waals surface area (Å²) in [6, 6.07) is 3.60. The molecule has 0 spiro atoms. The van der Waals surface area contributed by atoms with Crippen LogP contribution in [-0.4, -0.2) is 59.5 Å². The second-order valence-electron chi connectivity index (χ2n) is 9.65. The average molecular weight is 619 g/mol. The Morgan fingerprint density at radius 2 is 2.00 bits per heavy atom. The van der Waals surface area contributed by atoms with Gasteiger partial charge in [-0.05, 0) is 44.4 Å². The molecule has 222 valence electrons. The lowest BCUT2D eigenvalue weighted by molar-refractivity contribution is -0.129. The lowest BCUT2D eigenvalue weighted by Gasteiger charge is -2.13. The Morgan fingerprint density at radius 1 is 1.27 bits per heavy atom. The number of hydrogen-bond donors (Lipinski definition) is 3. The van der Waals surface area contributed by atoms with E-state index in [4.69, 9.17) is 11.6 Å². The molecule has 0 aliphatic heterocycles. The average Bonchev–Trinajstić information content (AvgIpc) is 3.66. The Balaban J connectivity index is 1.66. The van der Waals surface area contributed by atoms with E-state index in [0.29, 0.717) is 35.9 Å². The number of imidazole rings is 1. The number of nitrogens with zero attached hydrogens (tertiary/aromatic N) is 3. The second kappa shape index (κ2) is 12.2. The molecule has 0 radical (unpaired) electrons.